The number of rotatable bonds is 7. The van der Waals surface area contributed by atoms with Gasteiger partial charge in [-0.25, -0.2) is 0 Å². The fraction of sp³-hybridized carbons (Fsp3) is 0.692. The van der Waals surface area contributed by atoms with Gasteiger partial charge in [0.2, 0.25) is 0 Å². The molecule has 98 valence electrons. The summed E-state index contributed by atoms with van der Waals surface area (Å²) in [6.45, 7) is 13.2. The Bertz CT molecular complexity index is 315. The second kappa shape index (κ2) is 7.52. The monoisotopic (exact) mass is 318 g/mol. The minimum Gasteiger partial charge on any atom is -0.308 e. The lowest BCUT2D eigenvalue weighted by atomic mass is 10.3. The summed E-state index contributed by atoms with van der Waals surface area (Å²) in [4.78, 5) is 5.21. The molecule has 17 heavy (non-hydrogen) atoms. The van der Waals surface area contributed by atoms with Gasteiger partial charge >= 0.3 is 0 Å². The van der Waals surface area contributed by atoms with E-state index in [-0.39, 0.29) is 0 Å². The van der Waals surface area contributed by atoms with Gasteiger partial charge in [-0.1, -0.05) is 13.8 Å². The number of hydrogen-bond acceptors (Lipinski definition) is 3. The minimum absolute atomic E-state index is 0.538. The minimum atomic E-state index is 0.538. The van der Waals surface area contributed by atoms with E-state index in [9.17, 15) is 0 Å². The van der Waals surface area contributed by atoms with E-state index < -0.39 is 0 Å². The average Bonchev–Trinajstić information content (AvgIpc) is 2.63. The molecule has 4 heteroatoms. The Balaban J connectivity index is 2.35. The van der Waals surface area contributed by atoms with Gasteiger partial charge in [0.05, 0.1) is 0 Å². The molecule has 1 atom stereocenters. The van der Waals surface area contributed by atoms with Gasteiger partial charge in [-0.05, 0) is 48.9 Å². The summed E-state index contributed by atoms with van der Waals surface area (Å²) in [5.74, 6) is 0. The maximum Gasteiger partial charge on any atom is 0.0314 e. The number of hydrogen-bond donors (Lipinski definition) is 1. The van der Waals surface area contributed by atoms with E-state index in [0.717, 1.165) is 26.2 Å². The zero-order valence-corrected chi connectivity index (χ0v) is 13.6. The van der Waals surface area contributed by atoms with Gasteiger partial charge in [-0.3, -0.25) is 0 Å². The molecule has 0 aliphatic rings. The summed E-state index contributed by atoms with van der Waals surface area (Å²) in [6, 6.07) is 2.76. The fourth-order valence-electron chi connectivity index (χ4n) is 1.81. The van der Waals surface area contributed by atoms with Crippen molar-refractivity contribution in [1.82, 2.24) is 10.2 Å². The molecule has 1 rings (SSSR count). The van der Waals surface area contributed by atoms with E-state index in [1.165, 1.54) is 14.2 Å². The van der Waals surface area contributed by atoms with E-state index >= 15 is 0 Å². The Morgan fingerprint density at radius 2 is 2.06 bits per heavy atom. The fourth-order valence-corrected chi connectivity index (χ4v) is 3.37. The van der Waals surface area contributed by atoms with Crippen LogP contribution in [0.4, 0.5) is 0 Å². The molecule has 0 aliphatic carbocycles. The van der Waals surface area contributed by atoms with Crippen LogP contribution in [0.25, 0.3) is 0 Å². The lowest BCUT2D eigenvalue weighted by molar-refractivity contribution is 0.271. The smallest absolute Gasteiger partial charge is 0.0314 e. The van der Waals surface area contributed by atoms with Crippen molar-refractivity contribution in [3.8, 4) is 0 Å². The zero-order valence-electron chi connectivity index (χ0n) is 11.2. The Morgan fingerprint density at radius 1 is 1.41 bits per heavy atom. The van der Waals surface area contributed by atoms with Crippen molar-refractivity contribution < 1.29 is 0 Å². The summed E-state index contributed by atoms with van der Waals surface area (Å²) in [5.41, 5.74) is 0. The van der Waals surface area contributed by atoms with Crippen molar-refractivity contribution in [2.45, 2.75) is 40.3 Å². The largest absolute Gasteiger partial charge is 0.308 e. The van der Waals surface area contributed by atoms with Crippen LogP contribution in [-0.2, 0) is 6.54 Å². The van der Waals surface area contributed by atoms with E-state index in [4.69, 9.17) is 0 Å². The zero-order chi connectivity index (χ0) is 12.8. The first-order chi connectivity index (χ1) is 8.06. The number of nitrogens with zero attached hydrogens (tertiary/aromatic N) is 1. The molecule has 1 aromatic rings. The molecule has 0 amide bonds. The molecule has 0 fully saturated rings. The first-order valence-corrected chi connectivity index (χ1v) is 7.88. The molecular formula is C13H23BrN2S. The van der Waals surface area contributed by atoms with Crippen LogP contribution in [0.2, 0.25) is 0 Å². The molecular weight excluding hydrogens is 296 g/mol. The normalized spacial score (nSPS) is 13.3. The molecule has 0 aliphatic heterocycles. The van der Waals surface area contributed by atoms with Gasteiger partial charge in [-0.2, -0.15) is 0 Å². The first kappa shape index (κ1) is 15.2. The summed E-state index contributed by atoms with van der Waals surface area (Å²) in [7, 11) is 0. The van der Waals surface area contributed by atoms with E-state index in [2.05, 4.69) is 59.9 Å². The Kier molecular flexibility index (Phi) is 6.70. The average molecular weight is 319 g/mol. The molecule has 2 nitrogen and oxygen atoms in total. The Hall–Kier alpha value is 0.1000. The van der Waals surface area contributed by atoms with Crippen LogP contribution in [0.15, 0.2) is 10.5 Å². The summed E-state index contributed by atoms with van der Waals surface area (Å²) in [6.07, 6.45) is 0. The van der Waals surface area contributed by atoms with E-state index in [0.29, 0.717) is 6.04 Å². The number of thiophene rings is 1. The maximum atomic E-state index is 3.59. The van der Waals surface area contributed by atoms with Gasteiger partial charge in [0, 0.05) is 33.4 Å². The van der Waals surface area contributed by atoms with Crippen molar-refractivity contribution in [2.24, 2.45) is 0 Å². The lowest BCUT2D eigenvalue weighted by Gasteiger charge is -2.23. The first-order valence-electron chi connectivity index (χ1n) is 6.27. The molecule has 0 saturated heterocycles. The number of likely N-dealkylation sites (N-methyl/N-ethyl adjacent to an activating group) is 1. The van der Waals surface area contributed by atoms with Crippen molar-refractivity contribution in [2.75, 3.05) is 19.6 Å². The predicted octanol–water partition coefficient (Wildman–Crippen LogP) is 3.64. The Labute approximate surface area is 118 Å². The quantitative estimate of drug-likeness (QED) is 0.825. The highest BCUT2D eigenvalue weighted by molar-refractivity contribution is 9.10. The Morgan fingerprint density at radius 3 is 2.53 bits per heavy atom. The van der Waals surface area contributed by atoms with Gasteiger partial charge in [0.15, 0.2) is 0 Å². The van der Waals surface area contributed by atoms with Crippen molar-refractivity contribution in [3.63, 3.8) is 0 Å². The molecule has 1 unspecified atom stereocenters. The third-order valence-corrected chi connectivity index (χ3v) is 5.10. The second-order valence-corrected chi connectivity index (χ2v) is 6.58. The number of aryl methyl sites for hydroxylation is 1. The molecule has 1 N–H and O–H groups in total. The van der Waals surface area contributed by atoms with Crippen LogP contribution in [0.5, 0.6) is 0 Å². The SMILES string of the molecule is CCN(CC)CC(C)NCc1cc(Br)c(C)s1. The molecule has 0 radical (unpaired) electrons. The van der Waals surface area contributed by atoms with Gasteiger partial charge in [0.1, 0.15) is 0 Å². The topological polar surface area (TPSA) is 15.3 Å². The number of halogens is 1. The van der Waals surface area contributed by atoms with Gasteiger partial charge in [-0.15, -0.1) is 11.3 Å². The van der Waals surface area contributed by atoms with E-state index in [1.807, 2.05) is 11.3 Å². The third kappa shape index (κ3) is 5.08. The van der Waals surface area contributed by atoms with E-state index in [1.54, 1.807) is 0 Å². The van der Waals surface area contributed by atoms with Crippen LogP contribution in [0.1, 0.15) is 30.5 Å². The van der Waals surface area contributed by atoms with Crippen molar-refractivity contribution in [3.05, 3.63) is 20.3 Å². The lowest BCUT2D eigenvalue weighted by Crippen LogP contribution is -2.38. The van der Waals surface area contributed by atoms with Crippen LogP contribution < -0.4 is 5.32 Å². The van der Waals surface area contributed by atoms with Crippen LogP contribution in [0.3, 0.4) is 0 Å². The van der Waals surface area contributed by atoms with Crippen LogP contribution >= 0.6 is 27.3 Å². The maximum absolute atomic E-state index is 3.59. The highest BCUT2D eigenvalue weighted by Gasteiger charge is 2.08. The van der Waals surface area contributed by atoms with Crippen molar-refractivity contribution in [1.29, 1.82) is 0 Å². The molecule has 0 aromatic carbocycles. The molecule has 0 saturated carbocycles. The summed E-state index contributed by atoms with van der Waals surface area (Å²) < 4.78 is 1.23. The van der Waals surface area contributed by atoms with Gasteiger partial charge in [0.25, 0.3) is 0 Å². The molecule has 0 spiro atoms. The highest BCUT2D eigenvalue weighted by Crippen LogP contribution is 2.26. The second-order valence-electron chi connectivity index (χ2n) is 4.38. The number of nitrogens with one attached hydrogen (secondary N) is 1. The van der Waals surface area contributed by atoms with Crippen LogP contribution in [0, 0.1) is 6.92 Å². The summed E-state index contributed by atoms with van der Waals surface area (Å²) >= 11 is 5.42. The predicted molar refractivity (Wildman–Crippen MR) is 80.8 cm³/mol. The molecule has 1 heterocycles. The van der Waals surface area contributed by atoms with Crippen molar-refractivity contribution >= 4 is 27.3 Å². The van der Waals surface area contributed by atoms with Crippen LogP contribution in [-0.4, -0.2) is 30.6 Å². The van der Waals surface area contributed by atoms with Gasteiger partial charge < -0.3 is 10.2 Å². The molecule has 1 aromatic heterocycles. The highest BCUT2D eigenvalue weighted by atomic mass is 79.9. The standard InChI is InChI=1S/C13H23BrN2S/c1-5-16(6-2)9-10(3)15-8-12-7-13(14)11(4)17-12/h7,10,15H,5-6,8-9H2,1-4H3. The summed E-state index contributed by atoms with van der Waals surface area (Å²) in [5, 5.41) is 3.59. The molecule has 0 bridgehead atoms. The third-order valence-electron chi connectivity index (χ3n) is 2.96.